The van der Waals surface area contributed by atoms with Crippen molar-refractivity contribution in [1.29, 1.82) is 0 Å². The van der Waals surface area contributed by atoms with E-state index in [-0.39, 0.29) is 17.4 Å². The van der Waals surface area contributed by atoms with Gasteiger partial charge in [0.15, 0.2) is 0 Å². The Kier molecular flexibility index (Phi) is 5.81. The molecule has 0 spiro atoms. The van der Waals surface area contributed by atoms with E-state index in [9.17, 15) is 4.39 Å². The topological polar surface area (TPSA) is 15.3 Å². The maximum atomic E-state index is 14.6. The van der Waals surface area contributed by atoms with Gasteiger partial charge in [0.2, 0.25) is 0 Å². The van der Waals surface area contributed by atoms with E-state index in [1.165, 1.54) is 25.7 Å². The standard InChI is InChI=1S/C17H26BrFN2/c1-20-16(13-9-8-10-14(18)15(13)19)17(21(2)3)11-6-4-5-7-12-17/h8-10,16,20H,4-7,11-12H2,1-3H3. The van der Waals surface area contributed by atoms with Crippen LogP contribution in [0.5, 0.6) is 0 Å². The van der Waals surface area contributed by atoms with Crippen molar-refractivity contribution in [3.8, 4) is 0 Å². The molecule has 1 N–H and O–H groups in total. The van der Waals surface area contributed by atoms with E-state index in [2.05, 4.69) is 40.2 Å². The molecule has 118 valence electrons. The molecule has 4 heteroatoms. The predicted molar refractivity (Wildman–Crippen MR) is 90.0 cm³/mol. The van der Waals surface area contributed by atoms with Crippen molar-refractivity contribution >= 4 is 15.9 Å². The first-order valence-electron chi connectivity index (χ1n) is 7.81. The summed E-state index contributed by atoms with van der Waals surface area (Å²) in [7, 11) is 6.21. The van der Waals surface area contributed by atoms with Gasteiger partial charge < -0.3 is 10.2 Å². The minimum Gasteiger partial charge on any atom is -0.311 e. The molecule has 1 atom stereocenters. The largest absolute Gasteiger partial charge is 0.311 e. The molecule has 0 saturated heterocycles. The normalized spacial score (nSPS) is 20.3. The zero-order chi connectivity index (χ0) is 15.5. The second kappa shape index (κ2) is 7.21. The molecule has 1 fully saturated rings. The van der Waals surface area contributed by atoms with Crippen LogP contribution in [0.3, 0.4) is 0 Å². The van der Waals surface area contributed by atoms with Crippen LogP contribution in [0.2, 0.25) is 0 Å². The zero-order valence-electron chi connectivity index (χ0n) is 13.3. The van der Waals surface area contributed by atoms with Crippen molar-refractivity contribution in [3.05, 3.63) is 34.1 Å². The van der Waals surface area contributed by atoms with E-state index >= 15 is 0 Å². The van der Waals surface area contributed by atoms with Crippen LogP contribution < -0.4 is 5.32 Å². The lowest BCUT2D eigenvalue weighted by Gasteiger charge is -2.46. The van der Waals surface area contributed by atoms with Crippen molar-refractivity contribution in [3.63, 3.8) is 0 Å². The summed E-state index contributed by atoms with van der Waals surface area (Å²) in [5.74, 6) is -0.137. The molecule has 0 aliphatic heterocycles. The molecular weight excluding hydrogens is 331 g/mol. The molecule has 1 aromatic rings. The molecule has 1 unspecified atom stereocenters. The molecule has 0 aromatic heterocycles. The Bertz CT molecular complexity index is 468. The monoisotopic (exact) mass is 356 g/mol. The zero-order valence-corrected chi connectivity index (χ0v) is 14.8. The van der Waals surface area contributed by atoms with Crippen LogP contribution in [0.1, 0.15) is 50.1 Å². The molecular formula is C17H26BrFN2. The molecule has 21 heavy (non-hydrogen) atoms. The first-order chi connectivity index (χ1) is 10.0. The van der Waals surface area contributed by atoms with E-state index in [1.54, 1.807) is 6.07 Å². The fourth-order valence-electron chi connectivity index (χ4n) is 3.79. The van der Waals surface area contributed by atoms with E-state index in [1.807, 2.05) is 19.2 Å². The first kappa shape index (κ1) is 16.9. The SMILES string of the molecule is CNC(c1cccc(Br)c1F)C1(N(C)C)CCCCCC1. The minimum absolute atomic E-state index is 0.00287. The molecule has 0 heterocycles. The number of nitrogens with zero attached hydrogens (tertiary/aromatic N) is 1. The Morgan fingerprint density at radius 3 is 2.33 bits per heavy atom. The summed E-state index contributed by atoms with van der Waals surface area (Å²) in [5, 5.41) is 3.40. The molecule has 1 aliphatic rings. The molecule has 1 aliphatic carbocycles. The summed E-state index contributed by atoms with van der Waals surface area (Å²) in [5.41, 5.74) is 0.745. The predicted octanol–water partition coefficient (Wildman–Crippen LogP) is 4.50. The highest BCUT2D eigenvalue weighted by molar-refractivity contribution is 9.10. The molecule has 1 aromatic carbocycles. The summed E-state index contributed by atoms with van der Waals surface area (Å²) in [6.45, 7) is 0. The highest BCUT2D eigenvalue weighted by Crippen LogP contribution is 2.42. The van der Waals surface area contributed by atoms with Crippen LogP contribution in [-0.4, -0.2) is 31.6 Å². The Morgan fingerprint density at radius 1 is 1.19 bits per heavy atom. The second-order valence-corrected chi connectivity index (χ2v) is 7.13. The van der Waals surface area contributed by atoms with Crippen LogP contribution in [0.25, 0.3) is 0 Å². The lowest BCUT2D eigenvalue weighted by atomic mass is 9.78. The third-order valence-electron chi connectivity index (χ3n) is 4.98. The van der Waals surface area contributed by atoms with Gasteiger partial charge in [0.1, 0.15) is 5.82 Å². The van der Waals surface area contributed by atoms with Crippen molar-refractivity contribution in [2.45, 2.75) is 50.1 Å². The third kappa shape index (κ3) is 3.33. The summed E-state index contributed by atoms with van der Waals surface area (Å²) in [6.07, 6.45) is 7.22. The van der Waals surface area contributed by atoms with Crippen molar-refractivity contribution in [2.24, 2.45) is 0 Å². The van der Waals surface area contributed by atoms with Gasteiger partial charge in [-0.25, -0.2) is 4.39 Å². The van der Waals surface area contributed by atoms with Gasteiger partial charge in [-0.2, -0.15) is 0 Å². The second-order valence-electron chi connectivity index (χ2n) is 6.28. The highest BCUT2D eigenvalue weighted by atomic mass is 79.9. The smallest absolute Gasteiger partial charge is 0.142 e. The van der Waals surface area contributed by atoms with Gasteiger partial charge in [-0.15, -0.1) is 0 Å². The van der Waals surface area contributed by atoms with E-state index in [0.29, 0.717) is 4.47 Å². The number of benzene rings is 1. The highest BCUT2D eigenvalue weighted by Gasteiger charge is 2.42. The van der Waals surface area contributed by atoms with E-state index < -0.39 is 0 Å². The van der Waals surface area contributed by atoms with Gasteiger partial charge in [0, 0.05) is 11.1 Å². The molecule has 2 rings (SSSR count). The molecule has 2 nitrogen and oxygen atoms in total. The Morgan fingerprint density at radius 2 is 1.81 bits per heavy atom. The van der Waals surface area contributed by atoms with Crippen LogP contribution in [0, 0.1) is 5.82 Å². The molecule has 1 saturated carbocycles. The summed E-state index contributed by atoms with van der Waals surface area (Å²) >= 11 is 3.32. The maximum absolute atomic E-state index is 14.6. The summed E-state index contributed by atoms with van der Waals surface area (Å²) in [6, 6.07) is 5.61. The number of halogens is 2. The Hall–Kier alpha value is -0.450. The number of rotatable bonds is 4. The van der Waals surface area contributed by atoms with Crippen molar-refractivity contribution in [1.82, 2.24) is 10.2 Å². The maximum Gasteiger partial charge on any atom is 0.142 e. The van der Waals surface area contributed by atoms with Crippen LogP contribution in [0.4, 0.5) is 4.39 Å². The van der Waals surface area contributed by atoms with Crippen LogP contribution >= 0.6 is 15.9 Å². The lowest BCUT2D eigenvalue weighted by molar-refractivity contribution is 0.0818. The number of hydrogen-bond acceptors (Lipinski definition) is 2. The fraction of sp³-hybridized carbons (Fsp3) is 0.647. The molecule has 0 radical (unpaired) electrons. The summed E-state index contributed by atoms with van der Waals surface area (Å²) in [4.78, 5) is 2.31. The quantitative estimate of drug-likeness (QED) is 0.798. The first-order valence-corrected chi connectivity index (χ1v) is 8.61. The third-order valence-corrected chi connectivity index (χ3v) is 5.59. The van der Waals surface area contributed by atoms with Crippen LogP contribution in [-0.2, 0) is 0 Å². The average molecular weight is 357 g/mol. The van der Waals surface area contributed by atoms with Gasteiger partial charge in [-0.05, 0) is 56.0 Å². The number of likely N-dealkylation sites (N-methyl/N-ethyl adjacent to an activating group) is 2. The van der Waals surface area contributed by atoms with Gasteiger partial charge in [0.05, 0.1) is 10.5 Å². The number of hydrogen-bond donors (Lipinski definition) is 1. The van der Waals surface area contributed by atoms with Gasteiger partial charge in [-0.1, -0.05) is 37.8 Å². The van der Waals surface area contributed by atoms with Crippen molar-refractivity contribution < 1.29 is 4.39 Å². The fourth-order valence-corrected chi connectivity index (χ4v) is 4.17. The van der Waals surface area contributed by atoms with E-state index in [0.717, 1.165) is 18.4 Å². The number of nitrogens with one attached hydrogen (secondary N) is 1. The van der Waals surface area contributed by atoms with Crippen molar-refractivity contribution in [2.75, 3.05) is 21.1 Å². The summed E-state index contributed by atoms with van der Waals surface area (Å²) < 4.78 is 15.2. The van der Waals surface area contributed by atoms with Crippen LogP contribution in [0.15, 0.2) is 22.7 Å². The van der Waals surface area contributed by atoms with Gasteiger partial charge in [-0.3, -0.25) is 0 Å². The Balaban J connectivity index is 2.47. The Labute approximate surface area is 136 Å². The lowest BCUT2D eigenvalue weighted by Crippen LogP contribution is -2.53. The molecule has 0 bridgehead atoms. The average Bonchev–Trinajstić information content (AvgIpc) is 2.71. The van der Waals surface area contributed by atoms with E-state index in [4.69, 9.17) is 0 Å². The van der Waals surface area contributed by atoms with Gasteiger partial charge in [0.25, 0.3) is 0 Å². The minimum atomic E-state index is -0.137. The molecule has 0 amide bonds. The van der Waals surface area contributed by atoms with Gasteiger partial charge >= 0.3 is 0 Å².